The van der Waals surface area contributed by atoms with Crippen molar-refractivity contribution in [2.45, 2.75) is 97.9 Å². The van der Waals surface area contributed by atoms with Gasteiger partial charge in [-0.05, 0) is 111 Å². The molecule has 0 aliphatic carbocycles. The van der Waals surface area contributed by atoms with Crippen molar-refractivity contribution in [3.05, 3.63) is 90.0 Å². The number of benzene rings is 3. The Hall–Kier alpha value is -5.99. The number of hydrogen-bond acceptors (Lipinski definition) is 9. The van der Waals surface area contributed by atoms with E-state index in [1.807, 2.05) is 19.9 Å². The highest BCUT2D eigenvalue weighted by molar-refractivity contribution is 5.96. The van der Waals surface area contributed by atoms with E-state index in [1.165, 1.54) is 21.5 Å². The topological polar surface area (TPSA) is 157 Å². The normalized spacial score (nSPS) is 20.5. The molecule has 4 atom stereocenters. The van der Waals surface area contributed by atoms with Gasteiger partial charge in [0.2, 0.25) is 17.7 Å². The van der Waals surface area contributed by atoms with E-state index in [9.17, 15) is 29.1 Å². The summed E-state index contributed by atoms with van der Waals surface area (Å²) in [7, 11) is 5.72. The number of phenols is 1. The lowest BCUT2D eigenvalue weighted by molar-refractivity contribution is -0.155. The van der Waals surface area contributed by atoms with Crippen LogP contribution in [0.4, 0.5) is 0 Å². The van der Waals surface area contributed by atoms with Gasteiger partial charge in [0.05, 0.1) is 18.2 Å². The molecule has 3 aromatic carbocycles. The van der Waals surface area contributed by atoms with Crippen LogP contribution in [0, 0.1) is 17.3 Å². The molecule has 1 aromatic heterocycles. The molecule has 6 bridgehead atoms. The number of likely N-dealkylation sites (tertiary alicyclic amines) is 1. The van der Waals surface area contributed by atoms with Gasteiger partial charge in [0.15, 0.2) is 0 Å². The molecule has 2 fully saturated rings. The quantitative estimate of drug-likeness (QED) is 0.130. The average molecular weight is 902 g/mol. The number of amides is 4. The maximum atomic E-state index is 14.7. The highest BCUT2D eigenvalue weighted by atomic mass is 16.5. The first-order valence-corrected chi connectivity index (χ1v) is 23.3. The largest absolute Gasteiger partial charge is 0.508 e. The summed E-state index contributed by atoms with van der Waals surface area (Å²) in [6, 6.07) is 17.2. The van der Waals surface area contributed by atoms with Crippen LogP contribution in [0.25, 0.3) is 33.3 Å². The highest BCUT2D eigenvalue weighted by Crippen LogP contribution is 2.42. The van der Waals surface area contributed by atoms with Gasteiger partial charge < -0.3 is 34.4 Å². The lowest BCUT2D eigenvalue weighted by Gasteiger charge is -2.37. The van der Waals surface area contributed by atoms with Gasteiger partial charge in [-0.25, -0.2) is 5.43 Å². The molecule has 0 unspecified atom stereocenters. The molecule has 14 heteroatoms. The summed E-state index contributed by atoms with van der Waals surface area (Å²) in [4.78, 5) is 74.6. The highest BCUT2D eigenvalue weighted by Gasteiger charge is 2.40. The molecule has 3 N–H and O–H groups in total. The van der Waals surface area contributed by atoms with Crippen molar-refractivity contribution in [2.75, 3.05) is 47.4 Å². The standard InChI is InChI=1S/C52H67N7O7/c1-10-45(61)57-22-20-36(30-57)49(63)56(9)46(32(3)4)48(62)53-43-25-33-23-37(26-38(60)24-33)34-18-19-44-40(27-34)41(47(58(44)11-2)39-16-13-12-15-35(39)29-55(7)8)28-52(5,6)31-66-51(65)42-17-14-21-59(54-42)50(43)64/h10,12-13,15-16,18-19,23-24,26-27,32,36,42-43,46,54,60H,1,11,14,17,20-22,25,28-31H2,2-9H3,(H,53,62)/t36-,42-,43-,46-/m0/s1. The Labute approximate surface area is 388 Å². The number of likely N-dealkylation sites (N-methyl/N-ethyl adjacent to an activating group) is 1. The number of fused-ring (bicyclic) bond motifs is 6. The van der Waals surface area contributed by atoms with E-state index >= 15 is 0 Å². The second-order valence-corrected chi connectivity index (χ2v) is 19.7. The third kappa shape index (κ3) is 10.2. The Morgan fingerprint density at radius 2 is 1.77 bits per heavy atom. The van der Waals surface area contributed by atoms with E-state index in [-0.39, 0.29) is 49.6 Å². The molecule has 352 valence electrons. The number of cyclic esters (lactones) is 1. The van der Waals surface area contributed by atoms with Gasteiger partial charge in [-0.3, -0.25) is 29.0 Å². The van der Waals surface area contributed by atoms with Crippen LogP contribution in [0.3, 0.4) is 0 Å². The zero-order chi connectivity index (χ0) is 47.6. The van der Waals surface area contributed by atoms with E-state index < -0.39 is 47.2 Å². The second kappa shape index (κ2) is 19.9. The predicted molar refractivity (Wildman–Crippen MR) is 256 cm³/mol. The number of aromatic nitrogens is 1. The van der Waals surface area contributed by atoms with Crippen LogP contribution >= 0.6 is 0 Å². The van der Waals surface area contributed by atoms with Crippen molar-refractivity contribution in [3.8, 4) is 28.1 Å². The fraction of sp³-hybridized carbons (Fsp3) is 0.481. The summed E-state index contributed by atoms with van der Waals surface area (Å²) in [6.45, 7) is 16.1. The number of nitrogens with one attached hydrogen (secondary N) is 2. The number of aryl methyl sites for hydroxylation is 1. The van der Waals surface area contributed by atoms with Crippen molar-refractivity contribution in [3.63, 3.8) is 0 Å². The average Bonchev–Trinajstić information content (AvgIpc) is 3.89. The number of carbonyl (C=O) groups excluding carboxylic acids is 5. The van der Waals surface area contributed by atoms with Crippen LogP contribution in [0.1, 0.15) is 70.6 Å². The maximum Gasteiger partial charge on any atom is 0.324 e. The first-order chi connectivity index (χ1) is 31.4. The van der Waals surface area contributed by atoms with Gasteiger partial charge in [0.1, 0.15) is 23.9 Å². The zero-order valence-electron chi connectivity index (χ0n) is 39.9. The number of aromatic hydroxyl groups is 1. The molecule has 4 aromatic rings. The summed E-state index contributed by atoms with van der Waals surface area (Å²) in [5.74, 6) is -2.78. The molecule has 3 aliphatic rings. The number of hydrazine groups is 1. The van der Waals surface area contributed by atoms with Crippen LogP contribution < -0.4 is 10.7 Å². The minimum Gasteiger partial charge on any atom is -0.508 e. The number of carbonyl (C=O) groups is 5. The van der Waals surface area contributed by atoms with Gasteiger partial charge in [-0.1, -0.05) is 70.7 Å². The smallest absolute Gasteiger partial charge is 0.324 e. The van der Waals surface area contributed by atoms with Gasteiger partial charge in [-0.2, -0.15) is 0 Å². The van der Waals surface area contributed by atoms with E-state index in [0.29, 0.717) is 37.8 Å². The lowest BCUT2D eigenvalue weighted by atomic mass is 9.84. The predicted octanol–water partition coefficient (Wildman–Crippen LogP) is 5.93. The first-order valence-electron chi connectivity index (χ1n) is 23.3. The summed E-state index contributed by atoms with van der Waals surface area (Å²) in [6.07, 6.45) is 3.27. The Kier molecular flexibility index (Phi) is 14.4. The van der Waals surface area contributed by atoms with E-state index in [1.54, 1.807) is 24.1 Å². The van der Waals surface area contributed by atoms with Crippen LogP contribution in [0.5, 0.6) is 5.75 Å². The fourth-order valence-electron chi connectivity index (χ4n) is 10.1. The SMILES string of the molecule is C=CC(=O)N1CC[C@H](C(=O)N(C)[C@H](C(=O)N[C@H]2Cc3cc(O)cc(c3)-c3ccc4c(c3)c(c(-c3ccccc3CN(C)C)n4CC)CC(C)(C)COC(=O)[C@@H]3CCCN(N3)C2=O)C(C)C)C1. The third-order valence-electron chi connectivity index (χ3n) is 13.3. The van der Waals surface area contributed by atoms with Crippen LogP contribution in [0.15, 0.2) is 73.3 Å². The molecule has 14 nitrogen and oxygen atoms in total. The lowest BCUT2D eigenvalue weighted by Crippen LogP contribution is -2.62. The number of phenolic OH excluding ortho intramolecular Hbond substituents is 1. The van der Waals surface area contributed by atoms with Crippen molar-refractivity contribution in [1.82, 2.24) is 35.0 Å². The number of nitrogens with zero attached hydrogens (tertiary/aromatic N) is 5. The first kappa shape index (κ1) is 48.0. The van der Waals surface area contributed by atoms with Crippen molar-refractivity contribution < 1.29 is 33.8 Å². The minimum atomic E-state index is -1.15. The molecule has 66 heavy (non-hydrogen) atoms. The number of hydrogen-bond donors (Lipinski definition) is 3. The van der Waals surface area contributed by atoms with Crippen LogP contribution in [-0.4, -0.2) is 124 Å². The molecule has 0 spiro atoms. The number of ether oxygens (including phenoxy) is 1. The molecule has 0 radical (unpaired) electrons. The molecular weight excluding hydrogens is 835 g/mol. The summed E-state index contributed by atoms with van der Waals surface area (Å²) >= 11 is 0. The molecule has 2 saturated heterocycles. The molecule has 7 rings (SSSR count). The Balaban J connectivity index is 1.31. The van der Waals surface area contributed by atoms with Gasteiger partial charge in [0, 0.05) is 68.1 Å². The molecular formula is C52H67N7O7. The summed E-state index contributed by atoms with van der Waals surface area (Å²) in [5, 5.41) is 16.8. The van der Waals surface area contributed by atoms with Crippen molar-refractivity contribution >= 4 is 40.5 Å². The number of esters is 1. The van der Waals surface area contributed by atoms with Crippen LogP contribution in [-0.2, 0) is 54.6 Å². The van der Waals surface area contributed by atoms with Crippen molar-refractivity contribution in [2.24, 2.45) is 17.3 Å². The third-order valence-corrected chi connectivity index (χ3v) is 13.3. The summed E-state index contributed by atoms with van der Waals surface area (Å²) < 4.78 is 8.49. The van der Waals surface area contributed by atoms with Crippen LogP contribution in [0.2, 0.25) is 0 Å². The Morgan fingerprint density at radius 1 is 1.02 bits per heavy atom. The molecule has 4 heterocycles. The van der Waals surface area contributed by atoms with E-state index in [0.717, 1.165) is 51.9 Å². The molecule has 3 aliphatic heterocycles. The van der Waals surface area contributed by atoms with E-state index in [2.05, 4.69) is 104 Å². The number of rotatable bonds is 10. The zero-order valence-corrected chi connectivity index (χ0v) is 39.9. The maximum absolute atomic E-state index is 14.7. The van der Waals surface area contributed by atoms with Gasteiger partial charge in [0.25, 0.3) is 5.91 Å². The monoisotopic (exact) mass is 902 g/mol. The van der Waals surface area contributed by atoms with E-state index in [4.69, 9.17) is 4.74 Å². The Morgan fingerprint density at radius 3 is 2.48 bits per heavy atom. The van der Waals surface area contributed by atoms with Gasteiger partial charge in [-0.15, -0.1) is 0 Å². The molecule has 4 amide bonds. The fourth-order valence-corrected chi connectivity index (χ4v) is 10.1. The van der Waals surface area contributed by atoms with Crippen molar-refractivity contribution in [1.29, 1.82) is 0 Å². The van der Waals surface area contributed by atoms with Gasteiger partial charge >= 0.3 is 5.97 Å². The Bertz CT molecular complexity index is 2510. The summed E-state index contributed by atoms with van der Waals surface area (Å²) in [5.41, 5.74) is 10.5. The minimum absolute atomic E-state index is 0.00367. The second-order valence-electron chi connectivity index (χ2n) is 19.7. The molecule has 0 saturated carbocycles.